The summed E-state index contributed by atoms with van der Waals surface area (Å²) in [4.78, 5) is 22.5. The molecule has 94 valence electrons. The van der Waals surface area contributed by atoms with Gasteiger partial charge in [0.15, 0.2) is 0 Å². The van der Waals surface area contributed by atoms with Gasteiger partial charge in [-0.05, 0) is 25.1 Å². The summed E-state index contributed by atoms with van der Waals surface area (Å²) in [6, 6.07) is 4.19. The third-order valence-corrected chi connectivity index (χ3v) is 2.26. The largest absolute Gasteiger partial charge is 0.478 e. The van der Waals surface area contributed by atoms with Crippen LogP contribution in [0.4, 0.5) is 5.69 Å². The first-order chi connectivity index (χ1) is 8.54. The fraction of sp³-hybridized carbons (Fsp3) is 0.0769. The van der Waals surface area contributed by atoms with Crippen molar-refractivity contribution in [2.75, 3.05) is 5.32 Å². The molecule has 4 nitrogen and oxygen atoms in total. The third kappa shape index (κ3) is 4.07. The lowest BCUT2D eigenvalue weighted by molar-refractivity contribution is -0.111. The van der Waals surface area contributed by atoms with Crippen LogP contribution in [0.3, 0.4) is 0 Å². The van der Waals surface area contributed by atoms with Crippen molar-refractivity contribution in [2.45, 2.75) is 6.92 Å². The standard InChI is InChI=1S/C13H12ClNO3/c1-2-3-4-5-12(16)15-11-8-9(14)6-7-10(11)13(17)18/h2-8H,1H3,(H,15,16)(H,17,18)/b3-2+,5-4+. The Hall–Kier alpha value is -2.07. The van der Waals surface area contributed by atoms with Gasteiger partial charge in [0.2, 0.25) is 5.91 Å². The predicted octanol–water partition coefficient (Wildman–Crippen LogP) is 3.11. The zero-order valence-corrected chi connectivity index (χ0v) is 10.4. The van der Waals surface area contributed by atoms with Crippen molar-refractivity contribution in [3.8, 4) is 0 Å². The first kappa shape index (κ1) is 14.0. The van der Waals surface area contributed by atoms with Crippen LogP contribution in [-0.2, 0) is 4.79 Å². The van der Waals surface area contributed by atoms with E-state index >= 15 is 0 Å². The smallest absolute Gasteiger partial charge is 0.337 e. The molecule has 2 N–H and O–H groups in total. The van der Waals surface area contributed by atoms with Crippen LogP contribution < -0.4 is 5.32 Å². The molecular formula is C13H12ClNO3. The number of halogens is 1. The van der Waals surface area contributed by atoms with Crippen LogP contribution in [-0.4, -0.2) is 17.0 Å². The quantitative estimate of drug-likeness (QED) is 0.649. The molecule has 0 spiro atoms. The van der Waals surface area contributed by atoms with Gasteiger partial charge in [-0.25, -0.2) is 4.79 Å². The minimum atomic E-state index is -1.13. The van der Waals surface area contributed by atoms with Crippen molar-refractivity contribution in [1.29, 1.82) is 0 Å². The molecule has 0 atom stereocenters. The average Bonchev–Trinajstić information content (AvgIpc) is 2.29. The van der Waals surface area contributed by atoms with E-state index in [2.05, 4.69) is 5.32 Å². The SMILES string of the molecule is C/C=C/C=C/C(=O)Nc1cc(Cl)ccc1C(=O)O. The van der Waals surface area contributed by atoms with E-state index in [0.717, 1.165) is 0 Å². The van der Waals surface area contributed by atoms with E-state index in [9.17, 15) is 9.59 Å². The van der Waals surface area contributed by atoms with E-state index in [1.54, 1.807) is 18.2 Å². The Bertz CT molecular complexity index is 521. The number of carboxylic acid groups (broad SMARTS) is 1. The third-order valence-electron chi connectivity index (χ3n) is 2.02. The van der Waals surface area contributed by atoms with Gasteiger partial charge < -0.3 is 10.4 Å². The minimum Gasteiger partial charge on any atom is -0.478 e. The molecule has 1 amide bonds. The number of allylic oxidation sites excluding steroid dienone is 3. The van der Waals surface area contributed by atoms with E-state index in [4.69, 9.17) is 16.7 Å². The van der Waals surface area contributed by atoms with Crippen molar-refractivity contribution >= 4 is 29.2 Å². The number of carbonyl (C=O) groups excluding carboxylic acids is 1. The summed E-state index contributed by atoms with van der Waals surface area (Å²) in [6.45, 7) is 1.82. The van der Waals surface area contributed by atoms with Gasteiger partial charge in [-0.1, -0.05) is 29.8 Å². The predicted molar refractivity (Wildman–Crippen MR) is 71.0 cm³/mol. The van der Waals surface area contributed by atoms with E-state index < -0.39 is 11.9 Å². The number of carbonyl (C=O) groups is 2. The van der Waals surface area contributed by atoms with Gasteiger partial charge in [-0.3, -0.25) is 4.79 Å². The van der Waals surface area contributed by atoms with Gasteiger partial charge in [-0.2, -0.15) is 0 Å². The highest BCUT2D eigenvalue weighted by molar-refractivity contribution is 6.31. The first-order valence-electron chi connectivity index (χ1n) is 5.17. The zero-order valence-electron chi connectivity index (χ0n) is 9.68. The number of hydrogen-bond donors (Lipinski definition) is 2. The van der Waals surface area contributed by atoms with Crippen LogP contribution in [0.1, 0.15) is 17.3 Å². The molecule has 0 aromatic heterocycles. The number of hydrogen-bond acceptors (Lipinski definition) is 2. The zero-order chi connectivity index (χ0) is 13.5. The lowest BCUT2D eigenvalue weighted by atomic mass is 10.2. The van der Waals surface area contributed by atoms with Gasteiger partial charge in [0, 0.05) is 11.1 Å². The van der Waals surface area contributed by atoms with Crippen LogP contribution in [0.2, 0.25) is 5.02 Å². The van der Waals surface area contributed by atoms with E-state index in [1.807, 2.05) is 6.92 Å². The molecule has 1 rings (SSSR count). The number of benzene rings is 1. The maximum atomic E-state index is 11.5. The minimum absolute atomic E-state index is 0.00724. The lowest BCUT2D eigenvalue weighted by Gasteiger charge is -2.06. The Morgan fingerprint density at radius 2 is 2.06 bits per heavy atom. The van der Waals surface area contributed by atoms with E-state index in [-0.39, 0.29) is 11.3 Å². The summed E-state index contributed by atoms with van der Waals surface area (Å²) in [5.41, 5.74) is 0.164. The number of carboxylic acids is 1. The summed E-state index contributed by atoms with van der Waals surface area (Å²) in [6.07, 6.45) is 6.31. The average molecular weight is 266 g/mol. The Morgan fingerprint density at radius 1 is 1.33 bits per heavy atom. The lowest BCUT2D eigenvalue weighted by Crippen LogP contribution is -2.11. The van der Waals surface area contributed by atoms with Crippen molar-refractivity contribution < 1.29 is 14.7 Å². The van der Waals surface area contributed by atoms with Gasteiger partial charge in [0.1, 0.15) is 0 Å². The Balaban J connectivity index is 2.92. The van der Waals surface area contributed by atoms with E-state index in [0.29, 0.717) is 5.02 Å². The Labute approximate surface area is 110 Å². The fourth-order valence-corrected chi connectivity index (χ4v) is 1.41. The number of nitrogens with one attached hydrogen (secondary N) is 1. The fourth-order valence-electron chi connectivity index (χ4n) is 1.23. The molecule has 0 radical (unpaired) electrons. The summed E-state index contributed by atoms with van der Waals surface area (Å²) < 4.78 is 0. The normalized spacial score (nSPS) is 11.0. The van der Waals surface area contributed by atoms with Crippen LogP contribution in [0, 0.1) is 0 Å². The van der Waals surface area contributed by atoms with Crippen LogP contribution in [0.25, 0.3) is 0 Å². The molecule has 18 heavy (non-hydrogen) atoms. The van der Waals surface area contributed by atoms with Crippen LogP contribution in [0.5, 0.6) is 0 Å². The monoisotopic (exact) mass is 265 g/mol. The summed E-state index contributed by atoms with van der Waals surface area (Å²) >= 11 is 5.76. The van der Waals surface area contributed by atoms with Crippen molar-refractivity contribution in [3.63, 3.8) is 0 Å². The molecule has 0 bridgehead atoms. The maximum Gasteiger partial charge on any atom is 0.337 e. The van der Waals surface area contributed by atoms with Crippen molar-refractivity contribution in [2.24, 2.45) is 0 Å². The first-order valence-corrected chi connectivity index (χ1v) is 5.55. The summed E-state index contributed by atoms with van der Waals surface area (Å²) in [5.74, 6) is -1.54. The maximum absolute atomic E-state index is 11.5. The molecule has 0 aliphatic heterocycles. The molecule has 0 unspecified atom stereocenters. The highest BCUT2D eigenvalue weighted by Crippen LogP contribution is 2.21. The molecule has 0 aliphatic rings. The van der Waals surface area contributed by atoms with Gasteiger partial charge in [-0.15, -0.1) is 0 Å². The number of amides is 1. The molecule has 1 aromatic rings. The number of aromatic carboxylic acids is 1. The molecule has 0 saturated heterocycles. The molecule has 0 saturated carbocycles. The molecule has 5 heteroatoms. The van der Waals surface area contributed by atoms with Crippen molar-refractivity contribution in [3.05, 3.63) is 53.1 Å². The molecule has 0 aliphatic carbocycles. The Kier molecular flexibility index (Phi) is 5.14. The highest BCUT2D eigenvalue weighted by Gasteiger charge is 2.11. The number of anilines is 1. The summed E-state index contributed by atoms with van der Waals surface area (Å²) in [5, 5.41) is 11.8. The topological polar surface area (TPSA) is 66.4 Å². The van der Waals surface area contributed by atoms with E-state index in [1.165, 1.54) is 24.3 Å². The molecule has 1 aromatic carbocycles. The molecule has 0 fully saturated rings. The van der Waals surface area contributed by atoms with Gasteiger partial charge >= 0.3 is 5.97 Å². The second-order valence-electron chi connectivity index (χ2n) is 3.37. The van der Waals surface area contributed by atoms with Gasteiger partial charge in [0.05, 0.1) is 11.3 Å². The van der Waals surface area contributed by atoms with Crippen LogP contribution >= 0.6 is 11.6 Å². The van der Waals surface area contributed by atoms with Crippen molar-refractivity contribution in [1.82, 2.24) is 0 Å². The second kappa shape index (κ2) is 6.61. The Morgan fingerprint density at radius 3 is 2.67 bits per heavy atom. The van der Waals surface area contributed by atoms with Crippen LogP contribution in [0.15, 0.2) is 42.5 Å². The molecule has 0 heterocycles. The number of rotatable bonds is 4. The summed E-state index contributed by atoms with van der Waals surface area (Å²) in [7, 11) is 0. The van der Waals surface area contributed by atoms with Gasteiger partial charge in [0.25, 0.3) is 0 Å². The molecular weight excluding hydrogens is 254 g/mol. The second-order valence-corrected chi connectivity index (χ2v) is 3.81. The highest BCUT2D eigenvalue weighted by atomic mass is 35.5.